The summed E-state index contributed by atoms with van der Waals surface area (Å²) in [6, 6.07) is 12.3. The van der Waals surface area contributed by atoms with Gasteiger partial charge in [-0.05, 0) is 24.6 Å². The fourth-order valence-corrected chi connectivity index (χ4v) is 2.41. The molecule has 0 fully saturated rings. The van der Waals surface area contributed by atoms with E-state index in [1.54, 1.807) is 25.3 Å². The predicted octanol–water partition coefficient (Wildman–Crippen LogP) is 3.86. The van der Waals surface area contributed by atoms with E-state index in [-0.39, 0.29) is 11.6 Å². The van der Waals surface area contributed by atoms with Crippen LogP contribution in [-0.4, -0.2) is 10.4 Å². The molecule has 0 atom stereocenters. The second kappa shape index (κ2) is 4.60. The van der Waals surface area contributed by atoms with Crippen LogP contribution in [0.4, 0.5) is 4.39 Å². The van der Waals surface area contributed by atoms with Crippen molar-refractivity contribution < 1.29 is 9.18 Å². The van der Waals surface area contributed by atoms with Gasteiger partial charge in [0.25, 0.3) is 0 Å². The highest BCUT2D eigenvalue weighted by Crippen LogP contribution is 2.23. The predicted molar refractivity (Wildman–Crippen MR) is 77.5 cm³/mol. The summed E-state index contributed by atoms with van der Waals surface area (Å²) in [6.45, 7) is 1.68. The van der Waals surface area contributed by atoms with Gasteiger partial charge in [-0.2, -0.15) is 0 Å². The molecule has 0 N–H and O–H groups in total. The van der Waals surface area contributed by atoms with Crippen LogP contribution in [0.25, 0.3) is 10.9 Å². The number of para-hydroxylation sites is 1. The van der Waals surface area contributed by atoms with Gasteiger partial charge in [-0.1, -0.05) is 30.3 Å². The number of carbonyl (C=O) groups excluding carboxylic acids is 1. The van der Waals surface area contributed by atoms with Crippen LogP contribution in [-0.2, 0) is 7.05 Å². The summed E-state index contributed by atoms with van der Waals surface area (Å²) >= 11 is 0. The fourth-order valence-electron chi connectivity index (χ4n) is 2.41. The van der Waals surface area contributed by atoms with E-state index in [2.05, 4.69) is 0 Å². The highest BCUT2D eigenvalue weighted by molar-refractivity contribution is 6.16. The number of hydrogen-bond donors (Lipinski definition) is 0. The molecule has 3 heteroatoms. The summed E-state index contributed by atoms with van der Waals surface area (Å²) in [5.41, 5.74) is 2.51. The SMILES string of the molecule is Cc1ccc(C(=O)c2cn(C)c3ccccc23)cc1F. The zero-order chi connectivity index (χ0) is 14.3. The second-order valence-corrected chi connectivity index (χ2v) is 4.96. The van der Waals surface area contributed by atoms with E-state index in [9.17, 15) is 9.18 Å². The summed E-state index contributed by atoms with van der Waals surface area (Å²) in [5.74, 6) is -0.503. The molecule has 2 nitrogen and oxygen atoms in total. The maximum atomic E-state index is 13.6. The molecule has 1 aromatic heterocycles. The van der Waals surface area contributed by atoms with Gasteiger partial charge in [-0.3, -0.25) is 4.79 Å². The number of carbonyl (C=O) groups is 1. The number of fused-ring (bicyclic) bond motifs is 1. The molecule has 3 aromatic rings. The van der Waals surface area contributed by atoms with Crippen LogP contribution in [0, 0.1) is 12.7 Å². The average molecular weight is 267 g/mol. The molecule has 3 rings (SSSR count). The molecule has 0 bridgehead atoms. The van der Waals surface area contributed by atoms with Crippen LogP contribution in [0.2, 0.25) is 0 Å². The minimum absolute atomic E-state index is 0.152. The summed E-state index contributed by atoms with van der Waals surface area (Å²) in [6.07, 6.45) is 1.80. The van der Waals surface area contributed by atoms with Crippen LogP contribution in [0.15, 0.2) is 48.7 Å². The number of ketones is 1. The topological polar surface area (TPSA) is 22.0 Å². The third-order valence-corrected chi connectivity index (χ3v) is 3.58. The van der Waals surface area contributed by atoms with Gasteiger partial charge in [0.15, 0.2) is 5.78 Å². The largest absolute Gasteiger partial charge is 0.350 e. The Kier molecular flexibility index (Phi) is 2.90. The number of aromatic nitrogens is 1. The Labute approximate surface area is 116 Å². The molecule has 0 amide bonds. The quantitative estimate of drug-likeness (QED) is 0.646. The van der Waals surface area contributed by atoms with Gasteiger partial charge in [0, 0.05) is 35.3 Å². The highest BCUT2D eigenvalue weighted by atomic mass is 19.1. The number of rotatable bonds is 2. The molecule has 0 saturated carbocycles. The molecule has 0 spiro atoms. The minimum Gasteiger partial charge on any atom is -0.350 e. The Balaban J connectivity index is 2.15. The number of benzene rings is 2. The molecule has 20 heavy (non-hydrogen) atoms. The van der Waals surface area contributed by atoms with Crippen LogP contribution in [0.5, 0.6) is 0 Å². The number of halogens is 1. The van der Waals surface area contributed by atoms with Crippen LogP contribution in [0.1, 0.15) is 21.5 Å². The van der Waals surface area contributed by atoms with Crippen molar-refractivity contribution in [1.29, 1.82) is 0 Å². The van der Waals surface area contributed by atoms with Crippen molar-refractivity contribution in [1.82, 2.24) is 4.57 Å². The first-order valence-corrected chi connectivity index (χ1v) is 6.43. The average Bonchev–Trinajstić information content (AvgIpc) is 2.79. The van der Waals surface area contributed by atoms with Gasteiger partial charge in [-0.25, -0.2) is 4.39 Å². The lowest BCUT2D eigenvalue weighted by molar-refractivity contribution is 0.103. The molecular weight excluding hydrogens is 253 g/mol. The lowest BCUT2D eigenvalue weighted by atomic mass is 10.0. The third kappa shape index (κ3) is 1.92. The fraction of sp³-hybridized carbons (Fsp3) is 0.118. The molecule has 0 radical (unpaired) electrons. The van der Waals surface area contributed by atoms with Crippen LogP contribution in [0.3, 0.4) is 0 Å². The molecular formula is C17H14FNO. The van der Waals surface area contributed by atoms with Crippen molar-refractivity contribution in [3.8, 4) is 0 Å². The van der Waals surface area contributed by atoms with Crippen molar-refractivity contribution >= 4 is 16.7 Å². The Morgan fingerprint density at radius 2 is 1.90 bits per heavy atom. The van der Waals surface area contributed by atoms with Gasteiger partial charge in [0.05, 0.1) is 0 Å². The van der Waals surface area contributed by atoms with E-state index >= 15 is 0 Å². The third-order valence-electron chi connectivity index (χ3n) is 3.58. The van der Waals surface area contributed by atoms with Crippen molar-refractivity contribution in [2.45, 2.75) is 6.92 Å². The van der Waals surface area contributed by atoms with Crippen molar-refractivity contribution in [2.24, 2.45) is 7.05 Å². The number of nitrogens with zero attached hydrogens (tertiary/aromatic N) is 1. The minimum atomic E-state index is -0.351. The van der Waals surface area contributed by atoms with E-state index in [0.717, 1.165) is 10.9 Å². The molecule has 0 saturated heterocycles. The maximum Gasteiger partial charge on any atom is 0.195 e. The first-order valence-electron chi connectivity index (χ1n) is 6.43. The van der Waals surface area contributed by atoms with Gasteiger partial charge < -0.3 is 4.57 Å². The molecule has 1 heterocycles. The standard InChI is InChI=1S/C17H14FNO/c1-11-7-8-12(9-15(11)18)17(20)14-10-19(2)16-6-4-3-5-13(14)16/h3-10H,1-2H3. The normalized spacial score (nSPS) is 10.9. The maximum absolute atomic E-state index is 13.6. The molecule has 0 unspecified atom stereocenters. The zero-order valence-corrected chi connectivity index (χ0v) is 11.4. The van der Waals surface area contributed by atoms with Crippen LogP contribution < -0.4 is 0 Å². The lowest BCUT2D eigenvalue weighted by Crippen LogP contribution is -2.01. The molecule has 0 aliphatic rings. The summed E-state index contributed by atoms with van der Waals surface area (Å²) < 4.78 is 15.5. The Morgan fingerprint density at radius 1 is 1.15 bits per heavy atom. The molecule has 0 aliphatic heterocycles. The lowest BCUT2D eigenvalue weighted by Gasteiger charge is -2.02. The zero-order valence-electron chi connectivity index (χ0n) is 11.4. The Bertz CT molecular complexity index is 817. The van der Waals surface area contributed by atoms with E-state index in [1.165, 1.54) is 6.07 Å². The molecule has 0 aliphatic carbocycles. The van der Waals surface area contributed by atoms with E-state index in [1.807, 2.05) is 35.9 Å². The monoisotopic (exact) mass is 267 g/mol. The van der Waals surface area contributed by atoms with Crippen molar-refractivity contribution in [2.75, 3.05) is 0 Å². The van der Waals surface area contributed by atoms with E-state index < -0.39 is 0 Å². The summed E-state index contributed by atoms with van der Waals surface area (Å²) in [7, 11) is 1.90. The van der Waals surface area contributed by atoms with E-state index in [0.29, 0.717) is 16.7 Å². The number of hydrogen-bond acceptors (Lipinski definition) is 1. The Hall–Kier alpha value is -2.42. The van der Waals surface area contributed by atoms with Gasteiger partial charge in [0.2, 0.25) is 0 Å². The highest BCUT2D eigenvalue weighted by Gasteiger charge is 2.16. The van der Waals surface area contributed by atoms with Crippen molar-refractivity contribution in [3.63, 3.8) is 0 Å². The van der Waals surface area contributed by atoms with Gasteiger partial charge in [-0.15, -0.1) is 0 Å². The second-order valence-electron chi connectivity index (χ2n) is 4.96. The first kappa shape index (κ1) is 12.6. The van der Waals surface area contributed by atoms with Gasteiger partial charge >= 0.3 is 0 Å². The molecule has 2 aromatic carbocycles. The summed E-state index contributed by atoms with van der Waals surface area (Å²) in [4.78, 5) is 12.6. The smallest absolute Gasteiger partial charge is 0.195 e. The number of aryl methyl sites for hydroxylation is 2. The summed E-state index contributed by atoms with van der Waals surface area (Å²) in [5, 5.41) is 0.890. The van der Waals surface area contributed by atoms with Crippen LogP contribution >= 0.6 is 0 Å². The Morgan fingerprint density at radius 3 is 2.65 bits per heavy atom. The molecule has 100 valence electrons. The first-order chi connectivity index (χ1) is 9.58. The van der Waals surface area contributed by atoms with E-state index in [4.69, 9.17) is 0 Å². The van der Waals surface area contributed by atoms with Gasteiger partial charge in [0.1, 0.15) is 5.82 Å². The van der Waals surface area contributed by atoms with Crippen molar-refractivity contribution in [3.05, 3.63) is 71.2 Å².